The normalized spacial score (nSPS) is 25.8. The Morgan fingerprint density at radius 1 is 1.17 bits per heavy atom. The molecule has 2 aliphatic rings. The van der Waals surface area contributed by atoms with E-state index < -0.39 is 0 Å². The van der Waals surface area contributed by atoms with Gasteiger partial charge in [-0.15, -0.1) is 23.5 Å². The van der Waals surface area contributed by atoms with E-state index in [1.54, 1.807) is 0 Å². The maximum atomic E-state index is 5.73. The van der Waals surface area contributed by atoms with Crippen molar-refractivity contribution in [3.05, 3.63) is 12.2 Å². The molecular formula is C20H36O2S2. The predicted molar refractivity (Wildman–Crippen MR) is 109 cm³/mol. The van der Waals surface area contributed by atoms with Gasteiger partial charge in [0.1, 0.15) is 0 Å². The lowest BCUT2D eigenvalue weighted by Crippen LogP contribution is -2.32. The van der Waals surface area contributed by atoms with Crippen LogP contribution in [0.3, 0.4) is 0 Å². The van der Waals surface area contributed by atoms with Gasteiger partial charge < -0.3 is 9.47 Å². The highest BCUT2D eigenvalue weighted by Gasteiger charge is 2.37. The summed E-state index contributed by atoms with van der Waals surface area (Å²) in [5.74, 6) is 3.54. The number of rotatable bonds is 10. The van der Waals surface area contributed by atoms with Gasteiger partial charge in [0.05, 0.1) is 10.7 Å². The fourth-order valence-electron chi connectivity index (χ4n) is 3.40. The summed E-state index contributed by atoms with van der Waals surface area (Å²) in [6.45, 7) is 6.37. The lowest BCUT2D eigenvalue weighted by Gasteiger charge is -2.41. The highest BCUT2D eigenvalue weighted by Crippen LogP contribution is 2.51. The molecule has 2 aliphatic heterocycles. The maximum absolute atomic E-state index is 5.73. The van der Waals surface area contributed by atoms with Crippen molar-refractivity contribution in [2.45, 2.75) is 82.0 Å². The fraction of sp³-hybridized carbons (Fsp3) is 0.900. The molecule has 0 saturated carbocycles. The van der Waals surface area contributed by atoms with Crippen molar-refractivity contribution < 1.29 is 9.47 Å². The monoisotopic (exact) mass is 372 g/mol. The van der Waals surface area contributed by atoms with E-state index in [1.807, 2.05) is 0 Å². The van der Waals surface area contributed by atoms with Crippen LogP contribution in [0.1, 0.15) is 71.6 Å². The molecule has 0 aliphatic carbocycles. The average molecular weight is 373 g/mol. The molecular weight excluding hydrogens is 336 g/mol. The highest BCUT2D eigenvalue weighted by molar-refractivity contribution is 8.18. The van der Waals surface area contributed by atoms with Gasteiger partial charge in [-0.1, -0.05) is 38.8 Å². The third-order valence-electron chi connectivity index (χ3n) is 5.17. The van der Waals surface area contributed by atoms with Crippen molar-refractivity contribution in [3.63, 3.8) is 0 Å². The Morgan fingerprint density at radius 2 is 2.00 bits per heavy atom. The van der Waals surface area contributed by atoms with Gasteiger partial charge in [0.25, 0.3) is 0 Å². The molecule has 0 aromatic rings. The Kier molecular flexibility index (Phi) is 10.2. The second kappa shape index (κ2) is 11.9. The van der Waals surface area contributed by atoms with Crippen LogP contribution in [0.5, 0.6) is 0 Å². The zero-order valence-electron chi connectivity index (χ0n) is 15.6. The van der Waals surface area contributed by atoms with E-state index in [4.69, 9.17) is 9.47 Å². The lowest BCUT2D eigenvalue weighted by molar-refractivity contribution is -0.155. The van der Waals surface area contributed by atoms with E-state index in [0.29, 0.717) is 10.7 Å². The lowest BCUT2D eigenvalue weighted by atomic mass is 9.98. The van der Waals surface area contributed by atoms with Gasteiger partial charge in [-0.2, -0.15) is 0 Å². The second-order valence-corrected chi connectivity index (χ2v) is 10.1. The number of unbranched alkanes of at least 4 members (excludes halogenated alkanes) is 2. The van der Waals surface area contributed by atoms with Crippen molar-refractivity contribution in [2.75, 3.05) is 24.7 Å². The van der Waals surface area contributed by atoms with Crippen LogP contribution >= 0.6 is 23.5 Å². The van der Waals surface area contributed by atoms with Crippen LogP contribution < -0.4 is 0 Å². The van der Waals surface area contributed by atoms with Crippen LogP contribution in [-0.2, 0) is 9.47 Å². The molecule has 2 atom stereocenters. The summed E-state index contributed by atoms with van der Waals surface area (Å²) in [7, 11) is 0. The van der Waals surface area contributed by atoms with Crippen LogP contribution in [0.25, 0.3) is 0 Å². The van der Waals surface area contributed by atoms with E-state index in [1.165, 1.54) is 62.9 Å². The maximum Gasteiger partial charge on any atom is 0.157 e. The third kappa shape index (κ3) is 6.93. The van der Waals surface area contributed by atoms with Gasteiger partial charge in [-0.05, 0) is 62.4 Å². The number of ether oxygens (including phenoxy) is 2. The quantitative estimate of drug-likeness (QED) is 0.333. The van der Waals surface area contributed by atoms with Crippen LogP contribution in [0.4, 0.5) is 0 Å². The SMILES string of the molecule is CC[C@H](C)C1(CCCC/C=C/COC2CCCCO2)SCCCS1. The molecule has 1 unspecified atom stereocenters. The second-order valence-electron chi connectivity index (χ2n) is 7.02. The Bertz CT molecular complexity index is 348. The van der Waals surface area contributed by atoms with Crippen LogP contribution in [-0.4, -0.2) is 35.1 Å². The Balaban J connectivity index is 1.56. The minimum Gasteiger partial charge on any atom is -0.353 e. The molecule has 2 saturated heterocycles. The topological polar surface area (TPSA) is 18.5 Å². The number of thioether (sulfide) groups is 2. The molecule has 0 spiro atoms. The summed E-state index contributed by atoms with van der Waals surface area (Å²) >= 11 is 4.48. The van der Waals surface area contributed by atoms with E-state index in [-0.39, 0.29) is 6.29 Å². The molecule has 2 rings (SSSR count). The zero-order chi connectivity index (χ0) is 17.1. The Morgan fingerprint density at radius 3 is 2.71 bits per heavy atom. The summed E-state index contributed by atoms with van der Waals surface area (Å²) in [5.41, 5.74) is 0. The first kappa shape index (κ1) is 20.7. The molecule has 0 aromatic carbocycles. The zero-order valence-corrected chi connectivity index (χ0v) is 17.3. The van der Waals surface area contributed by atoms with Crippen molar-refractivity contribution in [1.82, 2.24) is 0 Å². The van der Waals surface area contributed by atoms with E-state index in [9.17, 15) is 0 Å². The van der Waals surface area contributed by atoms with Crippen molar-refractivity contribution in [2.24, 2.45) is 5.92 Å². The van der Waals surface area contributed by atoms with E-state index >= 15 is 0 Å². The first-order chi connectivity index (χ1) is 11.8. The molecule has 0 amide bonds. The van der Waals surface area contributed by atoms with E-state index in [0.717, 1.165) is 18.9 Å². The molecule has 2 heterocycles. The Labute approximate surface area is 157 Å². The minimum atomic E-state index is 0.0409. The number of hydrogen-bond donors (Lipinski definition) is 0. The number of hydrogen-bond acceptors (Lipinski definition) is 4. The molecule has 2 fully saturated rings. The van der Waals surface area contributed by atoms with Gasteiger partial charge in [-0.3, -0.25) is 0 Å². The standard InChI is InChI=1S/C20H36O2S2/c1-3-18(2)20(23-16-11-17-24-20)13-8-5-4-6-9-14-21-19-12-7-10-15-22-19/h6,9,18-19H,3-5,7-8,10-17H2,1-2H3/b9-6+/t18-,19?/m0/s1. The first-order valence-corrected chi connectivity index (χ1v) is 11.9. The average Bonchev–Trinajstić information content (AvgIpc) is 2.64. The van der Waals surface area contributed by atoms with Gasteiger partial charge in [0.2, 0.25) is 0 Å². The fourth-order valence-corrected chi connectivity index (χ4v) is 7.17. The Hall–Kier alpha value is 0.360. The summed E-state index contributed by atoms with van der Waals surface area (Å²) in [6.07, 6.45) is 15.9. The third-order valence-corrected chi connectivity index (χ3v) is 9.06. The van der Waals surface area contributed by atoms with Gasteiger partial charge >= 0.3 is 0 Å². The molecule has 0 bridgehead atoms. The van der Waals surface area contributed by atoms with Gasteiger partial charge in [0, 0.05) is 6.61 Å². The summed E-state index contributed by atoms with van der Waals surface area (Å²) in [5, 5.41) is 0. The summed E-state index contributed by atoms with van der Waals surface area (Å²) in [4.78, 5) is 0. The predicted octanol–water partition coefficient (Wildman–Crippen LogP) is 6.26. The summed E-state index contributed by atoms with van der Waals surface area (Å²) in [6, 6.07) is 0. The molecule has 4 heteroatoms. The van der Waals surface area contributed by atoms with Crippen molar-refractivity contribution in [1.29, 1.82) is 0 Å². The van der Waals surface area contributed by atoms with Crippen LogP contribution in [0.15, 0.2) is 12.2 Å². The molecule has 0 N–H and O–H groups in total. The van der Waals surface area contributed by atoms with E-state index in [2.05, 4.69) is 49.5 Å². The number of allylic oxidation sites excluding steroid dienone is 1. The first-order valence-electron chi connectivity index (χ1n) is 9.93. The molecule has 0 radical (unpaired) electrons. The van der Waals surface area contributed by atoms with Gasteiger partial charge in [-0.25, -0.2) is 0 Å². The van der Waals surface area contributed by atoms with Crippen molar-refractivity contribution in [3.8, 4) is 0 Å². The highest BCUT2D eigenvalue weighted by atomic mass is 32.2. The van der Waals surface area contributed by atoms with Crippen molar-refractivity contribution >= 4 is 23.5 Å². The smallest absolute Gasteiger partial charge is 0.157 e. The van der Waals surface area contributed by atoms with Gasteiger partial charge in [0.15, 0.2) is 6.29 Å². The molecule has 0 aromatic heterocycles. The van der Waals surface area contributed by atoms with Crippen LogP contribution in [0, 0.1) is 5.92 Å². The minimum absolute atomic E-state index is 0.0409. The molecule has 140 valence electrons. The van der Waals surface area contributed by atoms with Crippen LogP contribution in [0.2, 0.25) is 0 Å². The summed E-state index contributed by atoms with van der Waals surface area (Å²) < 4.78 is 11.8. The largest absolute Gasteiger partial charge is 0.353 e. The molecule has 2 nitrogen and oxygen atoms in total. The molecule has 24 heavy (non-hydrogen) atoms.